The highest BCUT2D eigenvalue weighted by Gasteiger charge is 2.25. The first kappa shape index (κ1) is 15.8. The van der Waals surface area contributed by atoms with E-state index in [0.717, 1.165) is 18.4 Å². The molecule has 0 saturated carbocycles. The molecule has 0 spiro atoms. The Morgan fingerprint density at radius 3 is 2.83 bits per heavy atom. The summed E-state index contributed by atoms with van der Waals surface area (Å²) in [6, 6.07) is 1.34. The molecular weight excluding hydrogens is 293 g/mol. The van der Waals surface area contributed by atoms with E-state index >= 15 is 0 Å². The summed E-state index contributed by atoms with van der Waals surface area (Å²) in [7, 11) is 0. The number of carbonyl (C=O) groups excluding carboxylic acids is 1. The Hall–Kier alpha value is -0.290. The summed E-state index contributed by atoms with van der Waals surface area (Å²) in [6.45, 7) is 2.05. The number of aliphatic hydroxyl groups excluding tert-OH is 1. The van der Waals surface area contributed by atoms with Gasteiger partial charge in [0.25, 0.3) is 0 Å². The van der Waals surface area contributed by atoms with Gasteiger partial charge >= 0.3 is 0 Å². The van der Waals surface area contributed by atoms with E-state index in [-0.39, 0.29) is 11.8 Å². The topological polar surface area (TPSA) is 49.3 Å². The van der Waals surface area contributed by atoms with Gasteiger partial charge in [-0.1, -0.05) is 31.4 Å². The van der Waals surface area contributed by atoms with Crippen molar-refractivity contribution < 1.29 is 9.90 Å². The Bertz CT molecular complexity index is 384. The Morgan fingerprint density at radius 2 is 2.33 bits per heavy atom. The van der Waals surface area contributed by atoms with Crippen LogP contribution in [0.25, 0.3) is 0 Å². The van der Waals surface area contributed by atoms with Crippen molar-refractivity contribution in [2.45, 2.75) is 38.3 Å². The van der Waals surface area contributed by atoms with Crippen molar-refractivity contribution in [1.29, 1.82) is 0 Å². The Labute approximate surface area is 121 Å². The van der Waals surface area contributed by atoms with Gasteiger partial charge in [-0.3, -0.25) is 4.79 Å². The number of thiophene rings is 1. The standard InChI is InChI=1S/C12H17Cl2NO2S/c1-2-3-4-9(16)11(15-10(17)7-13)8-5-6-18-12(8)14/h5-6,9,11,16H,2-4,7H2,1H3,(H,15,17). The van der Waals surface area contributed by atoms with Gasteiger partial charge in [0.1, 0.15) is 5.88 Å². The summed E-state index contributed by atoms with van der Waals surface area (Å²) in [4.78, 5) is 11.4. The van der Waals surface area contributed by atoms with Gasteiger partial charge in [-0.15, -0.1) is 22.9 Å². The third kappa shape index (κ3) is 4.43. The molecule has 3 nitrogen and oxygen atoms in total. The molecule has 1 heterocycles. The molecule has 2 N–H and O–H groups in total. The molecule has 6 heteroatoms. The first-order valence-electron chi connectivity index (χ1n) is 5.86. The second-order valence-electron chi connectivity index (χ2n) is 4.04. The van der Waals surface area contributed by atoms with Crippen molar-refractivity contribution in [3.63, 3.8) is 0 Å². The third-order valence-corrected chi connectivity index (χ3v) is 4.10. The van der Waals surface area contributed by atoms with Gasteiger partial charge in [0.15, 0.2) is 0 Å². The van der Waals surface area contributed by atoms with Gasteiger partial charge in [0.05, 0.1) is 16.5 Å². The van der Waals surface area contributed by atoms with Gasteiger partial charge in [-0.25, -0.2) is 0 Å². The molecule has 1 rings (SSSR count). The van der Waals surface area contributed by atoms with Crippen molar-refractivity contribution in [2.24, 2.45) is 0 Å². The Morgan fingerprint density at radius 1 is 1.61 bits per heavy atom. The van der Waals surface area contributed by atoms with Gasteiger partial charge < -0.3 is 10.4 Å². The van der Waals surface area contributed by atoms with Crippen LogP contribution in [0.3, 0.4) is 0 Å². The Kier molecular flexibility index (Phi) is 7.00. The van der Waals surface area contributed by atoms with Crippen molar-refractivity contribution in [3.8, 4) is 0 Å². The van der Waals surface area contributed by atoms with Crippen molar-refractivity contribution in [2.75, 3.05) is 5.88 Å². The van der Waals surface area contributed by atoms with E-state index < -0.39 is 12.1 Å². The van der Waals surface area contributed by atoms with Crippen LogP contribution in [0, 0.1) is 0 Å². The van der Waals surface area contributed by atoms with E-state index in [4.69, 9.17) is 23.2 Å². The molecule has 0 aromatic carbocycles. The van der Waals surface area contributed by atoms with E-state index in [2.05, 4.69) is 12.2 Å². The van der Waals surface area contributed by atoms with Crippen LogP contribution in [0.4, 0.5) is 0 Å². The highest BCUT2D eigenvalue weighted by atomic mass is 35.5. The van der Waals surface area contributed by atoms with Crippen LogP contribution in [0.15, 0.2) is 11.4 Å². The lowest BCUT2D eigenvalue weighted by molar-refractivity contribution is -0.120. The third-order valence-electron chi connectivity index (χ3n) is 2.66. The summed E-state index contributed by atoms with van der Waals surface area (Å²) in [5.41, 5.74) is 0.753. The molecule has 0 bridgehead atoms. The molecule has 1 amide bonds. The van der Waals surface area contributed by atoms with Gasteiger partial charge in [0, 0.05) is 5.56 Å². The number of hydrogen-bond acceptors (Lipinski definition) is 3. The molecule has 0 aliphatic rings. The maximum absolute atomic E-state index is 11.4. The lowest BCUT2D eigenvalue weighted by atomic mass is 10.00. The minimum Gasteiger partial charge on any atom is -0.391 e. The average molecular weight is 310 g/mol. The molecular formula is C12H17Cl2NO2S. The minimum absolute atomic E-state index is 0.126. The highest BCUT2D eigenvalue weighted by molar-refractivity contribution is 7.14. The second-order valence-corrected chi connectivity index (χ2v) is 5.82. The predicted molar refractivity (Wildman–Crippen MR) is 76.5 cm³/mol. The van der Waals surface area contributed by atoms with Gasteiger partial charge in [-0.2, -0.15) is 0 Å². The maximum Gasteiger partial charge on any atom is 0.235 e. The van der Waals surface area contributed by atoms with Crippen molar-refractivity contribution in [3.05, 3.63) is 21.3 Å². The van der Waals surface area contributed by atoms with Crippen molar-refractivity contribution in [1.82, 2.24) is 5.32 Å². The Balaban J connectivity index is 2.81. The van der Waals surface area contributed by atoms with Crippen LogP contribution in [0.1, 0.15) is 37.8 Å². The number of hydrogen-bond donors (Lipinski definition) is 2. The second kappa shape index (κ2) is 8.00. The summed E-state index contributed by atoms with van der Waals surface area (Å²) >= 11 is 12.9. The van der Waals surface area contributed by atoms with E-state index in [9.17, 15) is 9.90 Å². The molecule has 0 fully saturated rings. The van der Waals surface area contributed by atoms with Crippen LogP contribution in [-0.2, 0) is 4.79 Å². The summed E-state index contributed by atoms with van der Waals surface area (Å²) < 4.78 is 0.588. The fourth-order valence-corrected chi connectivity index (χ4v) is 2.78. The molecule has 0 saturated heterocycles. The quantitative estimate of drug-likeness (QED) is 0.759. The first-order chi connectivity index (χ1) is 8.60. The number of rotatable bonds is 7. The molecule has 0 radical (unpaired) electrons. The molecule has 1 aromatic rings. The molecule has 2 atom stereocenters. The van der Waals surface area contributed by atoms with E-state index in [0.29, 0.717) is 10.8 Å². The minimum atomic E-state index is -0.649. The monoisotopic (exact) mass is 309 g/mol. The zero-order chi connectivity index (χ0) is 13.5. The number of alkyl halides is 1. The molecule has 1 aromatic heterocycles. The normalized spacial score (nSPS) is 14.2. The fraction of sp³-hybridized carbons (Fsp3) is 0.583. The maximum atomic E-state index is 11.4. The van der Waals surface area contributed by atoms with E-state index in [1.165, 1.54) is 11.3 Å². The van der Waals surface area contributed by atoms with E-state index in [1.807, 2.05) is 11.4 Å². The van der Waals surface area contributed by atoms with Crippen LogP contribution >= 0.6 is 34.5 Å². The van der Waals surface area contributed by atoms with Crippen molar-refractivity contribution >= 4 is 40.4 Å². The summed E-state index contributed by atoms with van der Waals surface area (Å²) in [5, 5.41) is 14.7. The highest BCUT2D eigenvalue weighted by Crippen LogP contribution is 2.31. The fourth-order valence-electron chi connectivity index (χ4n) is 1.70. The predicted octanol–water partition coefficient (Wildman–Crippen LogP) is 3.35. The summed E-state index contributed by atoms with van der Waals surface area (Å²) in [5.74, 6) is -0.432. The average Bonchev–Trinajstić information content (AvgIpc) is 2.78. The van der Waals surface area contributed by atoms with Crippen LogP contribution in [0.5, 0.6) is 0 Å². The number of nitrogens with one attached hydrogen (secondary N) is 1. The van der Waals surface area contributed by atoms with Gasteiger partial charge in [-0.05, 0) is 17.9 Å². The van der Waals surface area contributed by atoms with Crippen LogP contribution in [0.2, 0.25) is 4.34 Å². The number of halogens is 2. The molecule has 18 heavy (non-hydrogen) atoms. The molecule has 0 aliphatic carbocycles. The smallest absolute Gasteiger partial charge is 0.235 e. The summed E-state index contributed by atoms with van der Waals surface area (Å²) in [6.07, 6.45) is 1.86. The van der Waals surface area contributed by atoms with E-state index in [1.54, 1.807) is 0 Å². The number of aliphatic hydroxyl groups is 1. The molecule has 2 unspecified atom stereocenters. The zero-order valence-electron chi connectivity index (χ0n) is 10.2. The largest absolute Gasteiger partial charge is 0.391 e. The number of unbranched alkanes of at least 4 members (excludes halogenated alkanes) is 1. The van der Waals surface area contributed by atoms with Crippen LogP contribution in [-0.4, -0.2) is 23.0 Å². The zero-order valence-corrected chi connectivity index (χ0v) is 12.5. The number of carbonyl (C=O) groups is 1. The SMILES string of the molecule is CCCCC(O)C(NC(=O)CCl)c1ccsc1Cl. The first-order valence-corrected chi connectivity index (χ1v) is 7.65. The molecule has 102 valence electrons. The number of amides is 1. The lowest BCUT2D eigenvalue weighted by Gasteiger charge is -2.23. The van der Waals surface area contributed by atoms with Crippen LogP contribution < -0.4 is 5.32 Å². The molecule has 0 aliphatic heterocycles. The van der Waals surface area contributed by atoms with Gasteiger partial charge in [0.2, 0.25) is 5.91 Å². The lowest BCUT2D eigenvalue weighted by Crippen LogP contribution is -2.36.